The Hall–Kier alpha value is -0.120. The van der Waals surface area contributed by atoms with Crippen molar-refractivity contribution in [1.82, 2.24) is 0 Å². The Labute approximate surface area is 106 Å². The normalized spacial score (nSPS) is 15.0. The van der Waals surface area contributed by atoms with Gasteiger partial charge < -0.3 is 5.11 Å². The summed E-state index contributed by atoms with van der Waals surface area (Å²) in [5.41, 5.74) is -0.452. The Morgan fingerprint density at radius 2 is 1.59 bits per heavy atom. The molecule has 0 aliphatic heterocycles. The summed E-state index contributed by atoms with van der Waals surface area (Å²) in [6.45, 7) is 12.4. The first-order valence-corrected chi connectivity index (χ1v) is 6.73. The SMILES string of the molecule is CCCCCCC(O)OOC(C)(C)C(C)(C)C. The molecular formula is C14H30O3. The zero-order valence-corrected chi connectivity index (χ0v) is 12.4. The molecule has 0 saturated carbocycles. The van der Waals surface area contributed by atoms with Gasteiger partial charge in [-0.25, -0.2) is 9.78 Å². The average molecular weight is 246 g/mol. The molecule has 0 aromatic carbocycles. The van der Waals surface area contributed by atoms with E-state index < -0.39 is 11.9 Å². The third kappa shape index (κ3) is 7.02. The molecule has 0 saturated heterocycles. The fourth-order valence-electron chi connectivity index (χ4n) is 1.09. The minimum absolute atomic E-state index is 0.0328. The lowest BCUT2D eigenvalue weighted by Crippen LogP contribution is -2.40. The molecule has 0 aromatic rings. The molecule has 0 bridgehead atoms. The number of unbranched alkanes of at least 4 members (excludes halogenated alkanes) is 3. The first-order valence-electron chi connectivity index (χ1n) is 6.73. The van der Waals surface area contributed by atoms with Crippen molar-refractivity contribution in [3.8, 4) is 0 Å². The highest BCUT2D eigenvalue weighted by atomic mass is 17.2. The van der Waals surface area contributed by atoms with Crippen molar-refractivity contribution < 1.29 is 14.9 Å². The quantitative estimate of drug-likeness (QED) is 0.304. The number of rotatable bonds is 8. The van der Waals surface area contributed by atoms with Crippen LogP contribution in [0.5, 0.6) is 0 Å². The van der Waals surface area contributed by atoms with E-state index in [0.717, 1.165) is 12.8 Å². The zero-order valence-electron chi connectivity index (χ0n) is 12.4. The molecule has 0 radical (unpaired) electrons. The number of aliphatic hydroxyl groups excluding tert-OH is 1. The highest BCUT2D eigenvalue weighted by Gasteiger charge is 2.35. The summed E-state index contributed by atoms with van der Waals surface area (Å²) in [4.78, 5) is 10.4. The van der Waals surface area contributed by atoms with E-state index in [1.165, 1.54) is 12.8 Å². The van der Waals surface area contributed by atoms with Gasteiger partial charge in [-0.15, -0.1) is 0 Å². The molecule has 3 heteroatoms. The maximum absolute atomic E-state index is 9.63. The second-order valence-electron chi connectivity index (χ2n) is 6.24. The Morgan fingerprint density at radius 1 is 1.00 bits per heavy atom. The average Bonchev–Trinajstić information content (AvgIpc) is 2.20. The molecule has 0 fully saturated rings. The Bertz CT molecular complexity index is 194. The van der Waals surface area contributed by atoms with Crippen molar-refractivity contribution in [2.45, 2.75) is 85.5 Å². The van der Waals surface area contributed by atoms with Crippen molar-refractivity contribution in [3.05, 3.63) is 0 Å². The third-order valence-electron chi connectivity index (χ3n) is 3.48. The van der Waals surface area contributed by atoms with E-state index in [4.69, 9.17) is 9.78 Å². The van der Waals surface area contributed by atoms with Crippen LogP contribution in [0.15, 0.2) is 0 Å². The molecule has 0 amide bonds. The molecule has 17 heavy (non-hydrogen) atoms. The maximum atomic E-state index is 9.63. The first-order chi connectivity index (χ1) is 7.70. The molecule has 1 N–H and O–H groups in total. The Morgan fingerprint density at radius 3 is 2.06 bits per heavy atom. The smallest absolute Gasteiger partial charge is 0.188 e. The standard InChI is InChI=1S/C14H30O3/c1-7-8-9-10-11-12(15)16-17-14(5,6)13(2,3)4/h12,15H,7-11H2,1-6H3. The number of aliphatic hydroxyl groups is 1. The largest absolute Gasteiger partial charge is 0.366 e. The topological polar surface area (TPSA) is 38.7 Å². The van der Waals surface area contributed by atoms with Crippen LogP contribution in [-0.2, 0) is 9.78 Å². The van der Waals surface area contributed by atoms with E-state index >= 15 is 0 Å². The molecule has 1 unspecified atom stereocenters. The predicted molar refractivity (Wildman–Crippen MR) is 70.5 cm³/mol. The predicted octanol–water partition coefficient (Wildman–Crippen LogP) is 4.05. The van der Waals surface area contributed by atoms with E-state index in [2.05, 4.69) is 27.7 Å². The first kappa shape index (κ1) is 16.9. The fourth-order valence-corrected chi connectivity index (χ4v) is 1.09. The minimum Gasteiger partial charge on any atom is -0.366 e. The van der Waals surface area contributed by atoms with Crippen LogP contribution in [0.1, 0.15) is 73.6 Å². The lowest BCUT2D eigenvalue weighted by molar-refractivity contribution is -0.427. The summed E-state index contributed by atoms with van der Waals surface area (Å²) in [7, 11) is 0. The molecule has 1 atom stereocenters. The van der Waals surface area contributed by atoms with Gasteiger partial charge in [0.05, 0.1) is 0 Å². The highest BCUT2D eigenvalue weighted by molar-refractivity contribution is 4.82. The summed E-state index contributed by atoms with van der Waals surface area (Å²) in [5, 5.41) is 9.63. The van der Waals surface area contributed by atoms with Gasteiger partial charge in [-0.05, 0) is 25.7 Å². The molecule has 3 nitrogen and oxygen atoms in total. The lowest BCUT2D eigenvalue weighted by Gasteiger charge is -2.37. The van der Waals surface area contributed by atoms with Gasteiger partial charge in [-0.2, -0.15) is 0 Å². The molecule has 0 aromatic heterocycles. The van der Waals surface area contributed by atoms with Crippen LogP contribution >= 0.6 is 0 Å². The fraction of sp³-hybridized carbons (Fsp3) is 1.00. The van der Waals surface area contributed by atoms with Crippen LogP contribution in [0.3, 0.4) is 0 Å². The van der Waals surface area contributed by atoms with E-state index in [-0.39, 0.29) is 5.41 Å². The van der Waals surface area contributed by atoms with Crippen molar-refractivity contribution in [2.24, 2.45) is 5.41 Å². The van der Waals surface area contributed by atoms with Crippen LogP contribution in [0, 0.1) is 5.41 Å². The molecule has 0 aliphatic carbocycles. The van der Waals surface area contributed by atoms with Crippen molar-refractivity contribution in [1.29, 1.82) is 0 Å². The number of hydrogen-bond acceptors (Lipinski definition) is 3. The Balaban J connectivity index is 3.80. The molecule has 0 spiro atoms. The van der Waals surface area contributed by atoms with Crippen LogP contribution in [0.2, 0.25) is 0 Å². The monoisotopic (exact) mass is 246 g/mol. The van der Waals surface area contributed by atoms with Gasteiger partial charge in [-0.1, -0.05) is 47.0 Å². The van der Waals surface area contributed by atoms with Crippen LogP contribution in [0.4, 0.5) is 0 Å². The zero-order chi connectivity index (χ0) is 13.5. The van der Waals surface area contributed by atoms with Gasteiger partial charge in [0.25, 0.3) is 0 Å². The third-order valence-corrected chi connectivity index (χ3v) is 3.48. The van der Waals surface area contributed by atoms with Crippen LogP contribution in [-0.4, -0.2) is 17.0 Å². The highest BCUT2D eigenvalue weighted by Crippen LogP contribution is 2.33. The molecule has 104 valence electrons. The molecule has 0 heterocycles. The second kappa shape index (κ2) is 7.34. The van der Waals surface area contributed by atoms with Gasteiger partial charge >= 0.3 is 0 Å². The van der Waals surface area contributed by atoms with Crippen LogP contribution < -0.4 is 0 Å². The van der Waals surface area contributed by atoms with E-state index in [9.17, 15) is 5.11 Å². The van der Waals surface area contributed by atoms with Gasteiger partial charge in [0.2, 0.25) is 0 Å². The van der Waals surface area contributed by atoms with Crippen molar-refractivity contribution in [3.63, 3.8) is 0 Å². The maximum Gasteiger partial charge on any atom is 0.188 e. The van der Waals surface area contributed by atoms with Crippen LogP contribution in [0.25, 0.3) is 0 Å². The van der Waals surface area contributed by atoms with E-state index in [0.29, 0.717) is 6.42 Å². The van der Waals surface area contributed by atoms with E-state index in [1.807, 2.05) is 13.8 Å². The van der Waals surface area contributed by atoms with Gasteiger partial charge in [0.1, 0.15) is 5.60 Å². The summed E-state index contributed by atoms with van der Waals surface area (Å²) in [6.07, 6.45) is 4.35. The van der Waals surface area contributed by atoms with E-state index in [1.54, 1.807) is 0 Å². The van der Waals surface area contributed by atoms with Crippen molar-refractivity contribution >= 4 is 0 Å². The lowest BCUT2D eigenvalue weighted by atomic mass is 9.79. The van der Waals surface area contributed by atoms with Gasteiger partial charge in [0.15, 0.2) is 6.29 Å². The van der Waals surface area contributed by atoms with Crippen molar-refractivity contribution in [2.75, 3.05) is 0 Å². The second-order valence-corrected chi connectivity index (χ2v) is 6.24. The molecule has 0 rings (SSSR count). The number of hydrogen-bond donors (Lipinski definition) is 1. The summed E-state index contributed by atoms with van der Waals surface area (Å²) in [6, 6.07) is 0. The summed E-state index contributed by atoms with van der Waals surface area (Å²) >= 11 is 0. The molecular weight excluding hydrogens is 216 g/mol. The Kier molecular flexibility index (Phi) is 7.29. The summed E-state index contributed by atoms with van der Waals surface area (Å²) < 4.78 is 0. The van der Waals surface area contributed by atoms with Gasteiger partial charge in [-0.3, -0.25) is 0 Å². The van der Waals surface area contributed by atoms with Gasteiger partial charge in [0, 0.05) is 6.42 Å². The molecule has 0 aliphatic rings. The minimum atomic E-state index is -0.812. The summed E-state index contributed by atoms with van der Waals surface area (Å²) in [5.74, 6) is 0.